The predicted octanol–water partition coefficient (Wildman–Crippen LogP) is 3.17. The van der Waals surface area contributed by atoms with Crippen LogP contribution in [-0.2, 0) is 6.54 Å². The van der Waals surface area contributed by atoms with E-state index in [-0.39, 0.29) is 0 Å². The topological polar surface area (TPSA) is 58.5 Å². The molecule has 3 rings (SSSR count). The highest BCUT2D eigenvalue weighted by atomic mass is 35.5. The zero-order valence-corrected chi connectivity index (χ0v) is 11.7. The van der Waals surface area contributed by atoms with E-state index in [1.807, 2.05) is 37.4 Å². The maximum atomic E-state index is 6.08. The predicted molar refractivity (Wildman–Crippen MR) is 79.2 cm³/mol. The van der Waals surface area contributed by atoms with Crippen LogP contribution in [0.15, 0.2) is 43.0 Å². The summed E-state index contributed by atoms with van der Waals surface area (Å²) >= 11 is 6.08. The van der Waals surface area contributed by atoms with Gasteiger partial charge in [0.15, 0.2) is 0 Å². The SMILES string of the molecule is Cc1[nH]cnc1CNc1cc(Cl)ccc1-n1cccn1. The lowest BCUT2D eigenvalue weighted by molar-refractivity contribution is 0.878. The van der Waals surface area contributed by atoms with Gasteiger partial charge in [0.25, 0.3) is 0 Å². The summed E-state index contributed by atoms with van der Waals surface area (Å²) < 4.78 is 1.80. The number of benzene rings is 1. The van der Waals surface area contributed by atoms with Gasteiger partial charge in [0.1, 0.15) is 0 Å². The summed E-state index contributed by atoms with van der Waals surface area (Å²) in [5.74, 6) is 0. The van der Waals surface area contributed by atoms with E-state index >= 15 is 0 Å². The van der Waals surface area contributed by atoms with Gasteiger partial charge in [-0.15, -0.1) is 0 Å². The lowest BCUT2D eigenvalue weighted by Crippen LogP contribution is -2.06. The Morgan fingerprint density at radius 3 is 3.00 bits per heavy atom. The second kappa shape index (κ2) is 5.38. The van der Waals surface area contributed by atoms with Crippen molar-refractivity contribution in [3.8, 4) is 5.69 Å². The molecule has 2 heterocycles. The first kappa shape index (κ1) is 12.7. The molecule has 1 aromatic carbocycles. The highest BCUT2D eigenvalue weighted by molar-refractivity contribution is 6.31. The van der Waals surface area contributed by atoms with Gasteiger partial charge >= 0.3 is 0 Å². The fourth-order valence-electron chi connectivity index (χ4n) is 2.01. The Hall–Kier alpha value is -2.27. The lowest BCUT2D eigenvalue weighted by Gasteiger charge is -2.12. The van der Waals surface area contributed by atoms with Crippen molar-refractivity contribution in [1.29, 1.82) is 0 Å². The van der Waals surface area contributed by atoms with Crippen LogP contribution in [0.2, 0.25) is 5.02 Å². The number of aryl methyl sites for hydroxylation is 1. The third-order valence-electron chi connectivity index (χ3n) is 3.09. The lowest BCUT2D eigenvalue weighted by atomic mass is 10.2. The smallest absolute Gasteiger partial charge is 0.0925 e. The first-order chi connectivity index (χ1) is 9.74. The van der Waals surface area contributed by atoms with Crippen molar-refractivity contribution in [2.45, 2.75) is 13.5 Å². The Morgan fingerprint density at radius 1 is 1.40 bits per heavy atom. The molecule has 0 unspecified atom stereocenters. The molecule has 3 aromatic rings. The number of nitrogens with one attached hydrogen (secondary N) is 2. The molecule has 0 aliphatic carbocycles. The standard InChI is InChI=1S/C14H14ClN5/c1-10-13(18-9-17-10)8-16-12-7-11(15)3-4-14(12)20-6-2-5-19-20/h2-7,9,16H,8H2,1H3,(H,17,18). The fraction of sp³-hybridized carbons (Fsp3) is 0.143. The third kappa shape index (κ3) is 2.53. The normalized spacial score (nSPS) is 10.7. The van der Waals surface area contributed by atoms with Crippen molar-refractivity contribution in [3.63, 3.8) is 0 Å². The van der Waals surface area contributed by atoms with Gasteiger partial charge in [0.2, 0.25) is 0 Å². The van der Waals surface area contributed by atoms with Crippen LogP contribution in [0.5, 0.6) is 0 Å². The van der Waals surface area contributed by atoms with Gasteiger partial charge in [0.05, 0.1) is 29.9 Å². The molecule has 0 saturated heterocycles. The van der Waals surface area contributed by atoms with Crippen molar-refractivity contribution in [3.05, 3.63) is 59.4 Å². The van der Waals surface area contributed by atoms with E-state index in [0.717, 1.165) is 22.8 Å². The van der Waals surface area contributed by atoms with Crippen molar-refractivity contribution in [1.82, 2.24) is 19.7 Å². The average molecular weight is 288 g/mol. The van der Waals surface area contributed by atoms with E-state index in [2.05, 4.69) is 20.4 Å². The number of hydrogen-bond acceptors (Lipinski definition) is 3. The van der Waals surface area contributed by atoms with Crippen LogP contribution in [0.25, 0.3) is 5.69 Å². The van der Waals surface area contributed by atoms with Crippen LogP contribution in [-0.4, -0.2) is 19.7 Å². The number of hydrogen-bond donors (Lipinski definition) is 2. The second-order valence-corrected chi connectivity index (χ2v) is 4.88. The number of aromatic nitrogens is 4. The minimum atomic E-state index is 0.629. The van der Waals surface area contributed by atoms with Crippen LogP contribution in [0.3, 0.4) is 0 Å². The van der Waals surface area contributed by atoms with Crippen LogP contribution in [0, 0.1) is 6.92 Å². The number of imidazole rings is 1. The Labute approximate surface area is 121 Å². The number of halogens is 1. The molecule has 6 heteroatoms. The molecule has 0 bridgehead atoms. The summed E-state index contributed by atoms with van der Waals surface area (Å²) in [6.45, 7) is 2.63. The van der Waals surface area contributed by atoms with Gasteiger partial charge in [-0.3, -0.25) is 0 Å². The Balaban J connectivity index is 1.88. The molecule has 20 heavy (non-hydrogen) atoms. The maximum Gasteiger partial charge on any atom is 0.0925 e. The maximum absolute atomic E-state index is 6.08. The Morgan fingerprint density at radius 2 is 2.30 bits per heavy atom. The largest absolute Gasteiger partial charge is 0.378 e. The van der Waals surface area contributed by atoms with Crippen molar-refractivity contribution in [2.75, 3.05) is 5.32 Å². The molecule has 0 spiro atoms. The Kier molecular flexibility index (Phi) is 3.43. The van der Waals surface area contributed by atoms with Gasteiger partial charge in [-0.05, 0) is 31.2 Å². The van der Waals surface area contributed by atoms with E-state index in [0.29, 0.717) is 11.6 Å². The van der Waals surface area contributed by atoms with Crippen molar-refractivity contribution < 1.29 is 0 Å². The van der Waals surface area contributed by atoms with Crippen LogP contribution in [0.4, 0.5) is 5.69 Å². The first-order valence-electron chi connectivity index (χ1n) is 6.26. The summed E-state index contributed by atoms with van der Waals surface area (Å²) in [5, 5.41) is 8.29. The zero-order valence-electron chi connectivity index (χ0n) is 11.0. The number of aromatic amines is 1. The van der Waals surface area contributed by atoms with Crippen LogP contribution >= 0.6 is 11.6 Å². The minimum absolute atomic E-state index is 0.629. The zero-order chi connectivity index (χ0) is 13.9. The summed E-state index contributed by atoms with van der Waals surface area (Å²) in [6, 6.07) is 7.56. The second-order valence-electron chi connectivity index (χ2n) is 4.44. The quantitative estimate of drug-likeness (QED) is 0.775. The molecule has 2 aromatic heterocycles. The molecule has 0 fully saturated rings. The van der Waals surface area contributed by atoms with E-state index < -0.39 is 0 Å². The van der Waals surface area contributed by atoms with E-state index in [4.69, 9.17) is 11.6 Å². The number of anilines is 1. The van der Waals surface area contributed by atoms with Gasteiger partial charge < -0.3 is 10.3 Å². The molecule has 102 valence electrons. The van der Waals surface area contributed by atoms with Gasteiger partial charge in [-0.1, -0.05) is 11.6 Å². The minimum Gasteiger partial charge on any atom is -0.378 e. The van der Waals surface area contributed by atoms with E-state index in [9.17, 15) is 0 Å². The van der Waals surface area contributed by atoms with Gasteiger partial charge in [0, 0.05) is 23.1 Å². The highest BCUT2D eigenvalue weighted by Gasteiger charge is 2.07. The number of H-pyrrole nitrogens is 1. The summed E-state index contributed by atoms with van der Waals surface area (Å²) in [7, 11) is 0. The molecule has 5 nitrogen and oxygen atoms in total. The van der Waals surface area contributed by atoms with E-state index in [1.165, 1.54) is 0 Å². The van der Waals surface area contributed by atoms with Crippen LogP contribution < -0.4 is 5.32 Å². The first-order valence-corrected chi connectivity index (χ1v) is 6.64. The molecular formula is C14H14ClN5. The molecule has 0 atom stereocenters. The van der Waals surface area contributed by atoms with Gasteiger partial charge in [-0.2, -0.15) is 5.10 Å². The molecule has 0 amide bonds. The van der Waals surface area contributed by atoms with Crippen molar-refractivity contribution >= 4 is 17.3 Å². The monoisotopic (exact) mass is 287 g/mol. The van der Waals surface area contributed by atoms with Gasteiger partial charge in [-0.25, -0.2) is 9.67 Å². The molecule has 2 N–H and O–H groups in total. The molecule has 0 saturated carbocycles. The molecular weight excluding hydrogens is 274 g/mol. The summed E-state index contributed by atoms with van der Waals surface area (Å²) in [5.41, 5.74) is 3.91. The Bertz CT molecular complexity index is 702. The van der Waals surface area contributed by atoms with Crippen LogP contribution in [0.1, 0.15) is 11.4 Å². The highest BCUT2D eigenvalue weighted by Crippen LogP contribution is 2.24. The number of nitrogens with zero attached hydrogens (tertiary/aromatic N) is 3. The summed E-state index contributed by atoms with van der Waals surface area (Å²) in [6.07, 6.45) is 5.34. The fourth-order valence-corrected chi connectivity index (χ4v) is 2.18. The average Bonchev–Trinajstić information content (AvgIpc) is 3.08. The van der Waals surface area contributed by atoms with E-state index in [1.54, 1.807) is 17.2 Å². The van der Waals surface area contributed by atoms with Crippen molar-refractivity contribution in [2.24, 2.45) is 0 Å². The molecule has 0 aliphatic heterocycles. The number of rotatable bonds is 4. The summed E-state index contributed by atoms with van der Waals surface area (Å²) in [4.78, 5) is 7.34. The molecule has 0 radical (unpaired) electrons. The molecule has 0 aliphatic rings. The third-order valence-corrected chi connectivity index (χ3v) is 3.33.